The second-order valence-corrected chi connectivity index (χ2v) is 13.7. The van der Waals surface area contributed by atoms with E-state index in [1.807, 2.05) is 73.0 Å². The Morgan fingerprint density at radius 1 is 0.816 bits per heavy atom. The Kier molecular flexibility index (Phi) is 9.13. The number of benzene rings is 3. The lowest BCUT2D eigenvalue weighted by Gasteiger charge is -2.41. The Labute approximate surface area is 288 Å². The van der Waals surface area contributed by atoms with Crippen molar-refractivity contribution in [2.45, 2.75) is 59.2 Å². The quantitative estimate of drug-likeness (QED) is 0.313. The number of hydrogen-bond donors (Lipinski definition) is 1. The lowest BCUT2D eigenvalue weighted by molar-refractivity contribution is -0.131. The summed E-state index contributed by atoms with van der Waals surface area (Å²) in [5.74, 6) is -0.0121. The molecule has 49 heavy (non-hydrogen) atoms. The van der Waals surface area contributed by atoms with Gasteiger partial charge in [-0.25, -0.2) is 4.79 Å². The van der Waals surface area contributed by atoms with Crippen LogP contribution in [0, 0.1) is 20.8 Å². The van der Waals surface area contributed by atoms with E-state index in [0.717, 1.165) is 65.1 Å². The maximum Gasteiger partial charge on any atom is 0.323 e. The van der Waals surface area contributed by atoms with Gasteiger partial charge in [0.15, 0.2) is 0 Å². The number of morpholine rings is 1. The van der Waals surface area contributed by atoms with Crippen molar-refractivity contribution in [3.8, 4) is 11.3 Å². The zero-order valence-electron chi connectivity index (χ0n) is 28.7. The molecule has 0 bridgehead atoms. The molecule has 0 unspecified atom stereocenters. The number of nitrogens with two attached hydrogens (primary N) is 1. The van der Waals surface area contributed by atoms with Crippen LogP contribution in [0.25, 0.3) is 11.3 Å². The van der Waals surface area contributed by atoms with E-state index in [9.17, 15) is 9.59 Å². The van der Waals surface area contributed by atoms with Crippen molar-refractivity contribution in [3.63, 3.8) is 0 Å². The summed E-state index contributed by atoms with van der Waals surface area (Å²) in [6.07, 6.45) is 1.75. The molecule has 0 radical (unpaired) electrons. The molecule has 3 aliphatic heterocycles. The minimum absolute atomic E-state index is 0.0409. The van der Waals surface area contributed by atoms with Crippen molar-refractivity contribution >= 4 is 17.8 Å². The molecular formula is C40H45N5O4. The first-order valence-electron chi connectivity index (χ1n) is 17.3. The van der Waals surface area contributed by atoms with Gasteiger partial charge in [-0.3, -0.25) is 19.1 Å². The minimum Gasteiger partial charge on any atom is -0.379 e. The van der Waals surface area contributed by atoms with E-state index in [1.165, 1.54) is 5.56 Å². The third-order valence-corrected chi connectivity index (χ3v) is 10.8. The van der Waals surface area contributed by atoms with Gasteiger partial charge in [0.05, 0.1) is 25.3 Å². The molecule has 0 spiro atoms. The Morgan fingerprint density at radius 2 is 1.53 bits per heavy atom. The van der Waals surface area contributed by atoms with Crippen LogP contribution in [-0.4, -0.2) is 82.5 Å². The smallest absolute Gasteiger partial charge is 0.323 e. The molecule has 0 saturated carbocycles. The number of amides is 3. The van der Waals surface area contributed by atoms with Gasteiger partial charge in [-0.05, 0) is 84.7 Å². The zero-order valence-corrected chi connectivity index (χ0v) is 28.7. The van der Waals surface area contributed by atoms with Gasteiger partial charge >= 0.3 is 6.03 Å². The highest BCUT2D eigenvalue weighted by atomic mass is 16.5. The maximum atomic E-state index is 15.2. The summed E-state index contributed by atoms with van der Waals surface area (Å²) in [5.41, 5.74) is 16.0. The normalized spacial score (nSPS) is 17.8. The molecule has 9 nitrogen and oxygen atoms in total. The highest BCUT2D eigenvalue weighted by molar-refractivity contribution is 6.03. The molecule has 1 atom stereocenters. The molecule has 7 rings (SSSR count). The van der Waals surface area contributed by atoms with E-state index < -0.39 is 6.03 Å². The van der Waals surface area contributed by atoms with Crippen molar-refractivity contribution in [1.29, 1.82) is 0 Å². The van der Waals surface area contributed by atoms with Crippen LogP contribution in [0.4, 0.5) is 4.79 Å². The van der Waals surface area contributed by atoms with Gasteiger partial charge in [0.25, 0.3) is 5.91 Å². The first kappa shape index (κ1) is 32.8. The summed E-state index contributed by atoms with van der Waals surface area (Å²) < 4.78 is 7.18. The van der Waals surface area contributed by atoms with Crippen molar-refractivity contribution in [2.75, 3.05) is 39.4 Å². The van der Waals surface area contributed by atoms with Gasteiger partial charge in [0.1, 0.15) is 0 Å². The Balaban J connectivity index is 1.31. The van der Waals surface area contributed by atoms with Gasteiger partial charge in [-0.2, -0.15) is 0 Å². The fraction of sp³-hybridized carbons (Fsp3) is 0.375. The Bertz CT molecular complexity index is 1910. The zero-order chi connectivity index (χ0) is 34.2. The van der Waals surface area contributed by atoms with Crippen LogP contribution in [0.5, 0.6) is 0 Å². The number of primary amides is 1. The number of carbonyl (C=O) groups is 3. The van der Waals surface area contributed by atoms with Crippen LogP contribution >= 0.6 is 0 Å². The molecule has 3 aromatic carbocycles. The third kappa shape index (κ3) is 6.40. The first-order valence-corrected chi connectivity index (χ1v) is 17.3. The standard InChI is InChI=1S/C40H45N5O4/c1-26-27(2)38(45(28(26)3)40(41)48)35-21-31-13-14-43(37(46)19-29-9-5-4-6-10-29)23-33(31)22-36(35)39(47)44-24-32-12-8-7-11-30(32)20-34(44)25-42-15-17-49-18-16-42/h4-12,21-22,34H,13-20,23-25H2,1-3H3,(H2,41,48)/t34-/m0/s1. The number of fused-ring (bicyclic) bond motifs is 2. The number of rotatable bonds is 6. The fourth-order valence-electron chi connectivity index (χ4n) is 7.85. The average Bonchev–Trinajstić information content (AvgIpc) is 3.34. The van der Waals surface area contributed by atoms with Crippen LogP contribution in [0.3, 0.4) is 0 Å². The monoisotopic (exact) mass is 659 g/mol. The molecule has 3 amide bonds. The molecule has 3 aliphatic rings. The molecule has 2 N–H and O–H groups in total. The predicted molar refractivity (Wildman–Crippen MR) is 189 cm³/mol. The maximum absolute atomic E-state index is 15.2. The summed E-state index contributed by atoms with van der Waals surface area (Å²) in [7, 11) is 0. The number of carbonyl (C=O) groups excluding carboxylic acids is 3. The molecule has 4 heterocycles. The molecule has 0 aliphatic carbocycles. The first-order chi connectivity index (χ1) is 23.7. The van der Waals surface area contributed by atoms with Crippen LogP contribution in [0.2, 0.25) is 0 Å². The fourth-order valence-corrected chi connectivity index (χ4v) is 7.85. The summed E-state index contributed by atoms with van der Waals surface area (Å²) in [6, 6.07) is 21.6. The lowest BCUT2D eigenvalue weighted by Crippen LogP contribution is -2.52. The van der Waals surface area contributed by atoms with E-state index in [2.05, 4.69) is 29.2 Å². The molecule has 1 aromatic heterocycles. The number of ether oxygens (including phenoxy) is 1. The van der Waals surface area contributed by atoms with Crippen molar-refractivity contribution in [2.24, 2.45) is 5.73 Å². The molecule has 1 saturated heterocycles. The average molecular weight is 660 g/mol. The van der Waals surface area contributed by atoms with E-state index in [0.29, 0.717) is 62.5 Å². The SMILES string of the molecule is Cc1c(C)c(-c2cc3c(cc2C(=O)N2Cc4ccccc4C[C@H]2CN2CCOCC2)CN(C(=O)Cc2ccccc2)CC3)n(C(N)=O)c1C. The van der Waals surface area contributed by atoms with Crippen LogP contribution in [0.1, 0.15) is 55.0 Å². The van der Waals surface area contributed by atoms with Crippen molar-refractivity contribution < 1.29 is 19.1 Å². The molecule has 254 valence electrons. The summed E-state index contributed by atoms with van der Waals surface area (Å²) >= 11 is 0. The highest BCUT2D eigenvalue weighted by Crippen LogP contribution is 2.38. The minimum atomic E-state index is -0.574. The van der Waals surface area contributed by atoms with E-state index >= 15 is 4.79 Å². The van der Waals surface area contributed by atoms with Gasteiger partial charge in [0.2, 0.25) is 5.91 Å². The van der Waals surface area contributed by atoms with Gasteiger partial charge in [-0.1, -0.05) is 54.6 Å². The molecule has 4 aromatic rings. The van der Waals surface area contributed by atoms with E-state index in [-0.39, 0.29) is 17.9 Å². The predicted octanol–water partition coefficient (Wildman–Crippen LogP) is 5.03. The van der Waals surface area contributed by atoms with E-state index in [1.54, 1.807) is 4.57 Å². The van der Waals surface area contributed by atoms with Crippen LogP contribution < -0.4 is 5.73 Å². The van der Waals surface area contributed by atoms with Gasteiger partial charge < -0.3 is 20.3 Å². The Hall–Kier alpha value is -4.73. The van der Waals surface area contributed by atoms with Crippen molar-refractivity contribution in [3.05, 3.63) is 117 Å². The number of nitrogens with zero attached hydrogens (tertiary/aromatic N) is 4. The second-order valence-electron chi connectivity index (χ2n) is 13.7. The third-order valence-electron chi connectivity index (χ3n) is 10.8. The summed E-state index contributed by atoms with van der Waals surface area (Å²) in [4.78, 5) is 47.9. The number of hydrogen-bond acceptors (Lipinski definition) is 5. The van der Waals surface area contributed by atoms with Crippen LogP contribution in [0.15, 0.2) is 66.7 Å². The largest absolute Gasteiger partial charge is 0.379 e. The number of aromatic nitrogens is 1. The van der Waals surface area contributed by atoms with Crippen molar-refractivity contribution in [1.82, 2.24) is 19.3 Å². The lowest BCUT2D eigenvalue weighted by atomic mass is 9.88. The van der Waals surface area contributed by atoms with Gasteiger partial charge in [-0.15, -0.1) is 0 Å². The molecule has 1 fully saturated rings. The second kappa shape index (κ2) is 13.6. The highest BCUT2D eigenvalue weighted by Gasteiger charge is 2.35. The molecular weight excluding hydrogens is 614 g/mol. The van der Waals surface area contributed by atoms with Gasteiger partial charge in [0, 0.05) is 62.1 Å². The van der Waals surface area contributed by atoms with Crippen LogP contribution in [-0.2, 0) is 41.9 Å². The topological polar surface area (TPSA) is 101 Å². The summed E-state index contributed by atoms with van der Waals surface area (Å²) in [6.45, 7) is 11.2. The van der Waals surface area contributed by atoms with E-state index in [4.69, 9.17) is 10.5 Å². The molecule has 9 heteroatoms. The Morgan fingerprint density at radius 3 is 2.27 bits per heavy atom. The summed E-state index contributed by atoms with van der Waals surface area (Å²) in [5, 5.41) is 0.